The average Bonchev–Trinajstić information content (AvgIpc) is 2.83. The van der Waals surface area contributed by atoms with E-state index in [1.807, 2.05) is 6.92 Å². The Bertz CT molecular complexity index is 529. The van der Waals surface area contributed by atoms with Crippen molar-refractivity contribution in [2.45, 2.75) is 38.7 Å². The SMILES string of the molecule is CCC(=O)c1sc(N2CCCC(C)(OC)C2)c(OC)c1N. The van der Waals surface area contributed by atoms with Crippen LogP contribution in [0.15, 0.2) is 0 Å². The molecule has 1 aromatic rings. The molecule has 2 N–H and O–H groups in total. The fourth-order valence-corrected chi connectivity index (χ4v) is 3.96. The highest BCUT2D eigenvalue weighted by atomic mass is 32.1. The van der Waals surface area contributed by atoms with Gasteiger partial charge in [0, 0.05) is 26.6 Å². The van der Waals surface area contributed by atoms with E-state index in [2.05, 4.69) is 11.8 Å². The molecule has 6 heteroatoms. The lowest BCUT2D eigenvalue weighted by Crippen LogP contribution is -2.47. The predicted octanol–water partition coefficient (Wildman–Crippen LogP) is 2.94. The van der Waals surface area contributed by atoms with Gasteiger partial charge >= 0.3 is 0 Å². The summed E-state index contributed by atoms with van der Waals surface area (Å²) in [5.41, 5.74) is 6.40. The summed E-state index contributed by atoms with van der Waals surface area (Å²) in [7, 11) is 3.34. The number of thiophene rings is 1. The van der Waals surface area contributed by atoms with Crippen LogP contribution in [0.5, 0.6) is 5.75 Å². The van der Waals surface area contributed by atoms with Gasteiger partial charge in [0.25, 0.3) is 0 Å². The van der Waals surface area contributed by atoms with Gasteiger partial charge in [-0.05, 0) is 19.8 Å². The minimum atomic E-state index is -0.170. The van der Waals surface area contributed by atoms with E-state index in [1.54, 1.807) is 14.2 Å². The minimum absolute atomic E-state index is 0.0635. The van der Waals surface area contributed by atoms with Crippen LogP contribution in [0.1, 0.15) is 42.8 Å². The van der Waals surface area contributed by atoms with E-state index >= 15 is 0 Å². The van der Waals surface area contributed by atoms with Crippen LogP contribution >= 0.6 is 11.3 Å². The number of hydrogen-bond donors (Lipinski definition) is 1. The third-order valence-corrected chi connectivity index (χ3v) is 5.39. The first-order valence-electron chi connectivity index (χ1n) is 7.25. The molecule has 1 atom stereocenters. The molecule has 1 saturated heterocycles. The van der Waals surface area contributed by atoms with Gasteiger partial charge in [-0.25, -0.2) is 0 Å². The zero-order valence-corrected chi connectivity index (χ0v) is 14.0. The summed E-state index contributed by atoms with van der Waals surface area (Å²) in [5, 5.41) is 0.940. The molecule has 0 spiro atoms. The lowest BCUT2D eigenvalue weighted by molar-refractivity contribution is -0.00457. The van der Waals surface area contributed by atoms with Crippen molar-refractivity contribution in [3.63, 3.8) is 0 Å². The molecule has 1 fully saturated rings. The molecule has 0 aliphatic carbocycles. The quantitative estimate of drug-likeness (QED) is 0.847. The van der Waals surface area contributed by atoms with Gasteiger partial charge in [-0.1, -0.05) is 6.92 Å². The van der Waals surface area contributed by atoms with E-state index in [0.29, 0.717) is 22.7 Å². The number of nitrogen functional groups attached to an aromatic ring is 1. The van der Waals surface area contributed by atoms with Crippen LogP contribution in [-0.4, -0.2) is 38.7 Å². The monoisotopic (exact) mass is 312 g/mol. The largest absolute Gasteiger partial charge is 0.492 e. The average molecular weight is 312 g/mol. The Morgan fingerprint density at radius 2 is 2.19 bits per heavy atom. The maximum absolute atomic E-state index is 12.0. The Morgan fingerprint density at radius 3 is 2.76 bits per heavy atom. The zero-order valence-electron chi connectivity index (χ0n) is 13.2. The molecular weight excluding hydrogens is 288 g/mol. The van der Waals surface area contributed by atoms with Crippen LogP contribution in [0, 0.1) is 0 Å². The smallest absolute Gasteiger partial charge is 0.177 e. The number of Topliss-reactive ketones (excluding diaryl/α,β-unsaturated/α-hetero) is 1. The molecule has 2 heterocycles. The Morgan fingerprint density at radius 1 is 1.48 bits per heavy atom. The van der Waals surface area contributed by atoms with Crippen molar-refractivity contribution in [1.82, 2.24) is 0 Å². The topological polar surface area (TPSA) is 64.8 Å². The zero-order chi connectivity index (χ0) is 15.6. The molecule has 0 bridgehead atoms. The number of carbonyl (C=O) groups is 1. The van der Waals surface area contributed by atoms with E-state index in [0.717, 1.165) is 30.9 Å². The van der Waals surface area contributed by atoms with Crippen molar-refractivity contribution >= 4 is 27.8 Å². The Balaban J connectivity index is 2.37. The van der Waals surface area contributed by atoms with Crippen LogP contribution in [0.25, 0.3) is 0 Å². The first kappa shape index (κ1) is 16.1. The van der Waals surface area contributed by atoms with Gasteiger partial charge in [-0.3, -0.25) is 4.79 Å². The molecule has 0 saturated carbocycles. The molecule has 5 nitrogen and oxygen atoms in total. The normalized spacial score (nSPS) is 22.4. The van der Waals surface area contributed by atoms with Crippen LogP contribution in [0.2, 0.25) is 0 Å². The molecule has 1 unspecified atom stereocenters. The van der Waals surface area contributed by atoms with Crippen molar-refractivity contribution in [2.75, 3.05) is 37.9 Å². The number of carbonyl (C=O) groups excluding carboxylic acids is 1. The lowest BCUT2D eigenvalue weighted by Gasteiger charge is -2.40. The molecule has 0 aromatic carbocycles. The summed E-state index contributed by atoms with van der Waals surface area (Å²) in [6.45, 7) is 5.66. The summed E-state index contributed by atoms with van der Waals surface area (Å²) >= 11 is 1.43. The van der Waals surface area contributed by atoms with E-state index in [4.69, 9.17) is 15.2 Å². The summed E-state index contributed by atoms with van der Waals surface area (Å²) in [6, 6.07) is 0. The van der Waals surface area contributed by atoms with Gasteiger partial charge in [0.15, 0.2) is 11.5 Å². The fraction of sp³-hybridized carbons (Fsp3) is 0.667. The second-order valence-electron chi connectivity index (χ2n) is 5.64. The van der Waals surface area contributed by atoms with Crippen LogP contribution in [0.4, 0.5) is 10.7 Å². The number of ether oxygens (including phenoxy) is 2. The molecule has 0 radical (unpaired) electrons. The molecule has 0 amide bonds. The van der Waals surface area contributed by atoms with Gasteiger partial charge < -0.3 is 20.1 Å². The number of piperidine rings is 1. The van der Waals surface area contributed by atoms with E-state index in [9.17, 15) is 4.79 Å². The Kier molecular flexibility index (Phi) is 4.78. The van der Waals surface area contributed by atoms with Gasteiger partial charge in [0.1, 0.15) is 5.00 Å². The highest BCUT2D eigenvalue weighted by Crippen LogP contribution is 2.46. The van der Waals surface area contributed by atoms with Gasteiger partial charge in [-0.15, -0.1) is 11.3 Å². The fourth-order valence-electron chi connectivity index (χ4n) is 2.74. The molecule has 1 aliphatic heterocycles. The number of ketones is 1. The number of rotatable bonds is 5. The maximum Gasteiger partial charge on any atom is 0.177 e. The maximum atomic E-state index is 12.0. The van der Waals surface area contributed by atoms with Crippen molar-refractivity contribution in [2.24, 2.45) is 0 Å². The molecular formula is C15H24N2O3S. The van der Waals surface area contributed by atoms with Crippen LogP contribution in [-0.2, 0) is 4.74 Å². The molecule has 2 rings (SSSR count). The number of nitrogens with two attached hydrogens (primary N) is 1. The molecule has 21 heavy (non-hydrogen) atoms. The Labute approximate surface area is 130 Å². The number of hydrogen-bond acceptors (Lipinski definition) is 6. The second-order valence-corrected chi connectivity index (χ2v) is 6.64. The summed E-state index contributed by atoms with van der Waals surface area (Å²) in [5.74, 6) is 0.686. The van der Waals surface area contributed by atoms with Crippen molar-refractivity contribution < 1.29 is 14.3 Å². The Hall–Kier alpha value is -1.27. The van der Waals surface area contributed by atoms with Gasteiger partial charge in [0.05, 0.1) is 23.3 Å². The molecule has 1 aromatic heterocycles. The van der Waals surface area contributed by atoms with Crippen molar-refractivity contribution in [3.8, 4) is 5.75 Å². The van der Waals surface area contributed by atoms with E-state index < -0.39 is 0 Å². The summed E-state index contributed by atoms with van der Waals surface area (Å²) in [6.07, 6.45) is 2.52. The first-order valence-corrected chi connectivity index (χ1v) is 8.07. The standard InChI is InChI=1S/C15H24N2O3S/c1-5-10(18)13-11(16)12(19-3)14(21-13)17-8-6-7-15(2,9-17)20-4/h5-9,16H2,1-4H3. The number of anilines is 2. The predicted molar refractivity (Wildman–Crippen MR) is 86.8 cm³/mol. The number of methoxy groups -OCH3 is 2. The summed E-state index contributed by atoms with van der Waals surface area (Å²) < 4.78 is 11.1. The van der Waals surface area contributed by atoms with E-state index in [-0.39, 0.29) is 11.4 Å². The van der Waals surface area contributed by atoms with Crippen molar-refractivity contribution in [1.29, 1.82) is 0 Å². The molecule has 1 aliphatic rings. The van der Waals surface area contributed by atoms with Crippen LogP contribution < -0.4 is 15.4 Å². The van der Waals surface area contributed by atoms with Gasteiger partial charge in [-0.2, -0.15) is 0 Å². The third-order valence-electron chi connectivity index (χ3n) is 4.10. The highest BCUT2D eigenvalue weighted by Gasteiger charge is 2.34. The minimum Gasteiger partial charge on any atom is -0.492 e. The van der Waals surface area contributed by atoms with E-state index in [1.165, 1.54) is 11.3 Å². The molecule has 118 valence electrons. The second kappa shape index (κ2) is 6.23. The van der Waals surface area contributed by atoms with Crippen molar-refractivity contribution in [3.05, 3.63) is 4.88 Å². The first-order chi connectivity index (χ1) is 9.95. The highest BCUT2D eigenvalue weighted by molar-refractivity contribution is 7.19. The number of nitrogens with zero attached hydrogens (tertiary/aromatic N) is 1. The third kappa shape index (κ3) is 3.01. The van der Waals surface area contributed by atoms with Crippen LogP contribution in [0.3, 0.4) is 0 Å². The van der Waals surface area contributed by atoms with Gasteiger partial charge in [0.2, 0.25) is 0 Å². The lowest BCUT2D eigenvalue weighted by atomic mass is 9.95. The summed E-state index contributed by atoms with van der Waals surface area (Å²) in [4.78, 5) is 14.8.